The summed E-state index contributed by atoms with van der Waals surface area (Å²) < 4.78 is 1.97. The molecule has 2 aromatic carbocycles. The summed E-state index contributed by atoms with van der Waals surface area (Å²) in [6.07, 6.45) is 0. The van der Waals surface area contributed by atoms with E-state index in [1.165, 1.54) is 6.92 Å². The van der Waals surface area contributed by atoms with E-state index in [9.17, 15) is 9.59 Å². The molecule has 0 aliphatic rings. The summed E-state index contributed by atoms with van der Waals surface area (Å²) in [4.78, 5) is 26.7. The van der Waals surface area contributed by atoms with Gasteiger partial charge in [0.05, 0.1) is 22.1 Å². The Morgan fingerprint density at radius 1 is 1.00 bits per heavy atom. The van der Waals surface area contributed by atoms with Crippen LogP contribution in [0.4, 0.5) is 5.69 Å². The largest absolute Gasteiger partial charge is 0.323 e. The predicted octanol–water partition coefficient (Wildman–Crippen LogP) is 2.89. The number of amides is 1. The standard InChI is InChI=1S/C17H13N3O2/c1-10(21)18-15-11-6-2-4-8-13(11)20-14-9-5-3-7-12(14)17(22)19-16(15)20/h2-9H,1H3,(H,18,21)(H,19,22). The van der Waals surface area contributed by atoms with Gasteiger partial charge in [-0.15, -0.1) is 0 Å². The van der Waals surface area contributed by atoms with Crippen LogP contribution in [0.5, 0.6) is 0 Å². The van der Waals surface area contributed by atoms with Gasteiger partial charge in [0.15, 0.2) is 0 Å². The van der Waals surface area contributed by atoms with Gasteiger partial charge in [0.1, 0.15) is 5.65 Å². The fraction of sp³-hybridized carbons (Fsp3) is 0.0588. The van der Waals surface area contributed by atoms with Crippen molar-refractivity contribution in [1.29, 1.82) is 0 Å². The number of nitrogens with zero attached hydrogens (tertiary/aromatic N) is 1. The van der Waals surface area contributed by atoms with Gasteiger partial charge >= 0.3 is 0 Å². The van der Waals surface area contributed by atoms with Gasteiger partial charge in [-0.2, -0.15) is 0 Å². The number of fused-ring (bicyclic) bond motifs is 5. The molecule has 0 fully saturated rings. The van der Waals surface area contributed by atoms with Crippen LogP contribution in [0.3, 0.4) is 0 Å². The molecule has 2 heterocycles. The molecule has 0 aliphatic carbocycles. The molecule has 0 radical (unpaired) electrons. The highest BCUT2D eigenvalue weighted by molar-refractivity contribution is 6.09. The van der Waals surface area contributed by atoms with Crippen LogP contribution < -0.4 is 10.9 Å². The van der Waals surface area contributed by atoms with Crippen molar-refractivity contribution < 1.29 is 4.79 Å². The van der Waals surface area contributed by atoms with E-state index in [4.69, 9.17) is 0 Å². The molecular weight excluding hydrogens is 278 g/mol. The molecular formula is C17H13N3O2. The van der Waals surface area contributed by atoms with Crippen LogP contribution in [0.25, 0.3) is 27.5 Å². The van der Waals surface area contributed by atoms with E-state index >= 15 is 0 Å². The van der Waals surface area contributed by atoms with Gasteiger partial charge in [0, 0.05) is 12.3 Å². The molecule has 4 aromatic rings. The van der Waals surface area contributed by atoms with E-state index in [1.807, 2.05) is 46.9 Å². The second kappa shape index (κ2) is 4.46. The van der Waals surface area contributed by atoms with E-state index < -0.39 is 0 Å². The lowest BCUT2D eigenvalue weighted by Crippen LogP contribution is -2.11. The monoisotopic (exact) mass is 291 g/mol. The first kappa shape index (κ1) is 12.6. The number of benzene rings is 2. The summed E-state index contributed by atoms with van der Waals surface area (Å²) >= 11 is 0. The van der Waals surface area contributed by atoms with Crippen LogP contribution >= 0.6 is 0 Å². The Kier molecular flexibility index (Phi) is 2.56. The Hall–Kier alpha value is -3.08. The predicted molar refractivity (Wildman–Crippen MR) is 87.3 cm³/mol. The van der Waals surface area contributed by atoms with Crippen molar-refractivity contribution in [3.63, 3.8) is 0 Å². The first-order valence-electron chi connectivity index (χ1n) is 6.98. The zero-order valence-corrected chi connectivity index (χ0v) is 11.9. The van der Waals surface area contributed by atoms with Gasteiger partial charge in [0.25, 0.3) is 5.56 Å². The van der Waals surface area contributed by atoms with Crippen LogP contribution in [-0.4, -0.2) is 15.3 Å². The molecule has 5 nitrogen and oxygen atoms in total. The second-order valence-electron chi connectivity index (χ2n) is 5.23. The van der Waals surface area contributed by atoms with Crippen molar-refractivity contribution in [3.8, 4) is 0 Å². The minimum atomic E-state index is -0.174. The SMILES string of the molecule is CC(=O)Nc1c2ccccc2n2c1[nH]c(=O)c1ccccc12. The number of anilines is 1. The summed E-state index contributed by atoms with van der Waals surface area (Å²) in [7, 11) is 0. The first-order chi connectivity index (χ1) is 10.7. The Labute approximate surface area is 125 Å². The molecule has 0 atom stereocenters. The molecule has 0 aliphatic heterocycles. The topological polar surface area (TPSA) is 66.4 Å². The van der Waals surface area contributed by atoms with Gasteiger partial charge in [-0.25, -0.2) is 0 Å². The Morgan fingerprint density at radius 3 is 2.27 bits per heavy atom. The zero-order chi connectivity index (χ0) is 15.3. The zero-order valence-electron chi connectivity index (χ0n) is 11.9. The summed E-state index contributed by atoms with van der Waals surface area (Å²) in [6.45, 7) is 1.46. The Balaban J connectivity index is 2.32. The minimum Gasteiger partial charge on any atom is -0.323 e. The molecule has 108 valence electrons. The smallest absolute Gasteiger partial charge is 0.258 e. The number of H-pyrrole nitrogens is 1. The minimum absolute atomic E-state index is 0.169. The van der Waals surface area contributed by atoms with Crippen molar-refractivity contribution in [2.24, 2.45) is 0 Å². The van der Waals surface area contributed by atoms with Gasteiger partial charge in [-0.05, 0) is 18.2 Å². The molecule has 0 saturated carbocycles. The third-order valence-electron chi connectivity index (χ3n) is 3.80. The molecule has 0 saturated heterocycles. The van der Waals surface area contributed by atoms with Crippen molar-refractivity contribution in [2.45, 2.75) is 6.92 Å². The van der Waals surface area contributed by atoms with Gasteiger partial charge in [0.2, 0.25) is 5.91 Å². The maximum atomic E-state index is 12.3. The second-order valence-corrected chi connectivity index (χ2v) is 5.23. The fourth-order valence-electron chi connectivity index (χ4n) is 2.95. The molecule has 0 spiro atoms. The van der Waals surface area contributed by atoms with Crippen molar-refractivity contribution in [2.75, 3.05) is 5.32 Å². The van der Waals surface area contributed by atoms with Crippen LogP contribution in [0.15, 0.2) is 53.3 Å². The Morgan fingerprint density at radius 2 is 1.59 bits per heavy atom. The highest BCUT2D eigenvalue weighted by Gasteiger charge is 2.16. The van der Waals surface area contributed by atoms with E-state index in [2.05, 4.69) is 10.3 Å². The van der Waals surface area contributed by atoms with Gasteiger partial charge in [-0.3, -0.25) is 14.0 Å². The maximum Gasteiger partial charge on any atom is 0.258 e. The number of para-hydroxylation sites is 2. The average Bonchev–Trinajstić information content (AvgIpc) is 2.82. The van der Waals surface area contributed by atoms with Crippen LogP contribution in [-0.2, 0) is 4.79 Å². The van der Waals surface area contributed by atoms with E-state index in [-0.39, 0.29) is 11.5 Å². The molecule has 2 N–H and O–H groups in total. The normalized spacial score (nSPS) is 11.3. The highest BCUT2D eigenvalue weighted by atomic mass is 16.1. The number of carbonyl (C=O) groups excluding carboxylic acids is 1. The summed E-state index contributed by atoms with van der Waals surface area (Å²) in [5.41, 5.74) is 2.81. The van der Waals surface area contributed by atoms with E-state index in [0.717, 1.165) is 16.4 Å². The summed E-state index contributed by atoms with van der Waals surface area (Å²) in [5.74, 6) is -0.174. The highest BCUT2D eigenvalue weighted by Crippen LogP contribution is 2.31. The number of rotatable bonds is 1. The van der Waals surface area contributed by atoms with E-state index in [1.54, 1.807) is 6.07 Å². The fourth-order valence-corrected chi connectivity index (χ4v) is 2.95. The third-order valence-corrected chi connectivity index (χ3v) is 3.80. The average molecular weight is 291 g/mol. The molecule has 5 heteroatoms. The van der Waals surface area contributed by atoms with Crippen LogP contribution in [0, 0.1) is 0 Å². The van der Waals surface area contributed by atoms with E-state index in [0.29, 0.717) is 16.7 Å². The molecule has 22 heavy (non-hydrogen) atoms. The van der Waals surface area contributed by atoms with Crippen molar-refractivity contribution in [1.82, 2.24) is 9.38 Å². The number of hydrogen-bond acceptors (Lipinski definition) is 2. The number of aromatic nitrogens is 2. The quantitative estimate of drug-likeness (QED) is 0.566. The van der Waals surface area contributed by atoms with Crippen molar-refractivity contribution >= 4 is 39.0 Å². The number of hydrogen-bond donors (Lipinski definition) is 2. The molecule has 0 unspecified atom stereocenters. The molecule has 2 aromatic heterocycles. The first-order valence-corrected chi connectivity index (χ1v) is 6.98. The van der Waals surface area contributed by atoms with Gasteiger partial charge < -0.3 is 10.3 Å². The number of carbonyl (C=O) groups is 1. The molecule has 0 bridgehead atoms. The van der Waals surface area contributed by atoms with Gasteiger partial charge in [-0.1, -0.05) is 30.3 Å². The lowest BCUT2D eigenvalue weighted by molar-refractivity contribution is -0.114. The van der Waals surface area contributed by atoms with Crippen LogP contribution in [0.2, 0.25) is 0 Å². The van der Waals surface area contributed by atoms with Crippen LogP contribution in [0.1, 0.15) is 6.92 Å². The summed E-state index contributed by atoms with van der Waals surface area (Å²) in [6, 6.07) is 15.2. The maximum absolute atomic E-state index is 12.3. The van der Waals surface area contributed by atoms with Crippen molar-refractivity contribution in [3.05, 3.63) is 58.9 Å². The molecule has 1 amide bonds. The number of nitrogens with one attached hydrogen (secondary N) is 2. The Bertz CT molecular complexity index is 1110. The number of aromatic amines is 1. The lowest BCUT2D eigenvalue weighted by Gasteiger charge is -2.04. The molecule has 4 rings (SSSR count). The third kappa shape index (κ3) is 1.65. The summed E-state index contributed by atoms with van der Waals surface area (Å²) in [5, 5.41) is 4.34. The lowest BCUT2D eigenvalue weighted by atomic mass is 10.2.